The zero-order valence-electron chi connectivity index (χ0n) is 24.5. The molecule has 2 unspecified atom stereocenters. The van der Waals surface area contributed by atoms with E-state index in [1.54, 1.807) is 13.2 Å². The van der Waals surface area contributed by atoms with E-state index in [0.29, 0.717) is 17.9 Å². The molecule has 0 aromatic heterocycles. The highest BCUT2D eigenvalue weighted by Crippen LogP contribution is 2.56. The van der Waals surface area contributed by atoms with Crippen molar-refractivity contribution in [1.82, 2.24) is 4.90 Å². The molecule has 2 saturated heterocycles. The van der Waals surface area contributed by atoms with Gasteiger partial charge in [-0.1, -0.05) is 12.2 Å². The van der Waals surface area contributed by atoms with Crippen LogP contribution in [-0.4, -0.2) is 73.3 Å². The lowest BCUT2D eigenvalue weighted by atomic mass is 9.77. The molecule has 1 spiro atoms. The highest BCUT2D eigenvalue weighted by Gasteiger charge is 2.60. The maximum atomic E-state index is 14.3. The molecule has 4 heterocycles. The predicted molar refractivity (Wildman–Crippen MR) is 150 cm³/mol. The van der Waals surface area contributed by atoms with E-state index in [-0.39, 0.29) is 31.3 Å². The van der Waals surface area contributed by atoms with Crippen LogP contribution in [0.15, 0.2) is 36.1 Å². The molecule has 41 heavy (non-hydrogen) atoms. The first-order valence-electron chi connectivity index (χ1n) is 14.8. The van der Waals surface area contributed by atoms with Crippen LogP contribution in [0.25, 0.3) is 0 Å². The minimum absolute atomic E-state index is 0.149. The monoisotopic (exact) mass is 567 g/mol. The lowest BCUT2D eigenvalue weighted by Gasteiger charge is -2.44. The number of ether oxygens (including phenoxy) is 6. The summed E-state index contributed by atoms with van der Waals surface area (Å²) in [6.45, 7) is 7.95. The summed E-state index contributed by atoms with van der Waals surface area (Å²) in [6, 6.07) is 4.14. The molecule has 0 bridgehead atoms. The summed E-state index contributed by atoms with van der Waals surface area (Å²) < 4.78 is 35.8. The van der Waals surface area contributed by atoms with Crippen molar-refractivity contribution in [3.63, 3.8) is 0 Å². The van der Waals surface area contributed by atoms with E-state index in [1.807, 2.05) is 26.8 Å². The molecule has 222 valence electrons. The van der Waals surface area contributed by atoms with Crippen LogP contribution in [0.3, 0.4) is 0 Å². The zero-order chi connectivity index (χ0) is 28.8. The third-order valence-electron chi connectivity index (χ3n) is 9.41. The Morgan fingerprint density at radius 3 is 2.66 bits per heavy atom. The fourth-order valence-corrected chi connectivity index (χ4v) is 7.61. The summed E-state index contributed by atoms with van der Waals surface area (Å²) in [5.41, 5.74) is -0.129. The van der Waals surface area contributed by atoms with Crippen molar-refractivity contribution in [2.45, 2.75) is 94.5 Å². The molecule has 1 aromatic carbocycles. The van der Waals surface area contributed by atoms with Crippen LogP contribution < -0.4 is 9.47 Å². The molecular weight excluding hydrogens is 526 g/mol. The van der Waals surface area contributed by atoms with Crippen molar-refractivity contribution in [2.75, 3.05) is 33.6 Å². The highest BCUT2D eigenvalue weighted by molar-refractivity contribution is 5.86. The van der Waals surface area contributed by atoms with Crippen LogP contribution in [0.2, 0.25) is 0 Å². The minimum atomic E-state index is -1.44. The standard InChI is InChI=1S/C32H41NO8/c1-5-6-15-37-26(34)19-32(12-7-10-30(2,3)41-32)29(35)40-28-25(36-4)18-31-11-8-13-33(31)14-9-21-16-23-24(39-20-38-23)17-22(21)27(28)31/h5-6,16-18,27-28H,7-15,19-20H2,1-4H3/b6-5-/t27-,28?,31+,32?/m1/s1. The number of hydrogen-bond donors (Lipinski definition) is 0. The largest absolute Gasteiger partial charge is 0.497 e. The second-order valence-electron chi connectivity index (χ2n) is 12.4. The van der Waals surface area contributed by atoms with Crippen LogP contribution in [0.1, 0.15) is 76.3 Å². The van der Waals surface area contributed by atoms with Crippen molar-refractivity contribution in [3.05, 3.63) is 47.2 Å². The Morgan fingerprint density at radius 1 is 1.10 bits per heavy atom. The van der Waals surface area contributed by atoms with E-state index < -0.39 is 29.2 Å². The first-order valence-corrected chi connectivity index (χ1v) is 14.8. The number of hydrogen-bond acceptors (Lipinski definition) is 9. The topological polar surface area (TPSA) is 92.8 Å². The van der Waals surface area contributed by atoms with Gasteiger partial charge in [0.1, 0.15) is 12.4 Å². The summed E-state index contributed by atoms with van der Waals surface area (Å²) in [6.07, 6.45) is 9.58. The molecule has 0 N–H and O–H groups in total. The average molecular weight is 568 g/mol. The zero-order valence-corrected chi connectivity index (χ0v) is 24.5. The molecule has 0 radical (unpaired) electrons. The van der Waals surface area contributed by atoms with Crippen LogP contribution in [0, 0.1) is 0 Å². The number of nitrogens with zero attached hydrogens (tertiary/aromatic N) is 1. The predicted octanol–water partition coefficient (Wildman–Crippen LogP) is 4.57. The Bertz CT molecular complexity index is 1270. The molecule has 4 atom stereocenters. The summed E-state index contributed by atoms with van der Waals surface area (Å²) in [5, 5.41) is 0. The molecule has 2 fully saturated rings. The van der Waals surface area contributed by atoms with Crippen LogP contribution in [0.4, 0.5) is 0 Å². The molecule has 1 aliphatic carbocycles. The van der Waals surface area contributed by atoms with Gasteiger partial charge in [-0.25, -0.2) is 4.79 Å². The Labute approximate surface area is 241 Å². The van der Waals surface area contributed by atoms with Crippen molar-refractivity contribution >= 4 is 11.9 Å². The quantitative estimate of drug-likeness (QED) is 0.347. The van der Waals surface area contributed by atoms with E-state index >= 15 is 0 Å². The Hall–Kier alpha value is -3.04. The normalized spacial score (nSPS) is 31.6. The fourth-order valence-electron chi connectivity index (χ4n) is 7.61. The van der Waals surface area contributed by atoms with Gasteiger partial charge in [-0.05, 0) is 95.2 Å². The van der Waals surface area contributed by atoms with E-state index in [4.69, 9.17) is 28.4 Å². The molecule has 4 aliphatic heterocycles. The highest BCUT2D eigenvalue weighted by atomic mass is 16.7. The second kappa shape index (κ2) is 10.7. The van der Waals surface area contributed by atoms with Crippen LogP contribution in [0.5, 0.6) is 11.5 Å². The molecule has 5 aliphatic rings. The summed E-state index contributed by atoms with van der Waals surface area (Å²) in [7, 11) is 1.63. The van der Waals surface area contributed by atoms with Gasteiger partial charge < -0.3 is 28.4 Å². The van der Waals surface area contributed by atoms with Gasteiger partial charge in [0.15, 0.2) is 23.2 Å². The van der Waals surface area contributed by atoms with Gasteiger partial charge in [-0.3, -0.25) is 9.69 Å². The number of rotatable bonds is 7. The van der Waals surface area contributed by atoms with Crippen LogP contribution in [-0.2, 0) is 35.0 Å². The molecule has 6 rings (SSSR count). The Kier molecular flexibility index (Phi) is 7.30. The van der Waals surface area contributed by atoms with E-state index in [2.05, 4.69) is 23.1 Å². The fraction of sp³-hybridized carbons (Fsp3) is 0.625. The maximum absolute atomic E-state index is 14.3. The number of carbonyl (C=O) groups excluding carboxylic acids is 2. The van der Waals surface area contributed by atoms with E-state index in [9.17, 15) is 9.59 Å². The van der Waals surface area contributed by atoms with E-state index in [0.717, 1.165) is 62.1 Å². The summed E-state index contributed by atoms with van der Waals surface area (Å²) in [4.78, 5) is 29.8. The molecule has 0 amide bonds. The minimum Gasteiger partial charge on any atom is -0.497 e. The number of carbonyl (C=O) groups is 2. The summed E-state index contributed by atoms with van der Waals surface area (Å²) >= 11 is 0. The third-order valence-corrected chi connectivity index (χ3v) is 9.41. The van der Waals surface area contributed by atoms with Gasteiger partial charge >= 0.3 is 11.9 Å². The molecule has 9 heteroatoms. The van der Waals surface area contributed by atoms with Gasteiger partial charge in [0.25, 0.3) is 0 Å². The van der Waals surface area contributed by atoms with E-state index in [1.165, 1.54) is 0 Å². The van der Waals surface area contributed by atoms with Crippen molar-refractivity contribution in [2.24, 2.45) is 0 Å². The van der Waals surface area contributed by atoms with Crippen LogP contribution >= 0.6 is 0 Å². The Balaban J connectivity index is 1.37. The number of benzene rings is 1. The smallest absolute Gasteiger partial charge is 0.339 e. The number of esters is 2. The second-order valence-corrected chi connectivity index (χ2v) is 12.4. The molecule has 0 saturated carbocycles. The lowest BCUT2D eigenvalue weighted by molar-refractivity contribution is -0.216. The van der Waals surface area contributed by atoms with Crippen molar-refractivity contribution in [3.8, 4) is 11.5 Å². The van der Waals surface area contributed by atoms with Gasteiger partial charge in [0.05, 0.1) is 30.6 Å². The third kappa shape index (κ3) is 4.91. The van der Waals surface area contributed by atoms with Crippen molar-refractivity contribution < 1.29 is 38.0 Å². The maximum Gasteiger partial charge on any atom is 0.339 e. The first kappa shape index (κ1) is 28.1. The van der Waals surface area contributed by atoms with Crippen molar-refractivity contribution in [1.29, 1.82) is 0 Å². The Morgan fingerprint density at radius 2 is 1.90 bits per heavy atom. The molecule has 9 nitrogen and oxygen atoms in total. The molecular formula is C32H41NO8. The number of fused-ring (bicyclic) bond motifs is 3. The number of methoxy groups -OCH3 is 1. The SMILES string of the molecule is C/C=C\COC(=O)CC1(C(=O)OC2C(OC)=C[C@]34CCCN3CCc3cc5c(cc3[C@H]24)OCO5)CCCC(C)(C)O1. The van der Waals surface area contributed by atoms with Gasteiger partial charge in [-0.2, -0.15) is 0 Å². The van der Waals surface area contributed by atoms with Gasteiger partial charge in [0, 0.05) is 6.54 Å². The summed E-state index contributed by atoms with van der Waals surface area (Å²) in [5.74, 6) is 0.846. The van der Waals surface area contributed by atoms with Gasteiger partial charge in [-0.15, -0.1) is 0 Å². The first-order chi connectivity index (χ1) is 19.7. The average Bonchev–Trinajstić information content (AvgIpc) is 3.62. The number of allylic oxidation sites excluding steroid dienone is 1. The lowest BCUT2D eigenvalue weighted by Crippen LogP contribution is -2.54. The van der Waals surface area contributed by atoms with Gasteiger partial charge in [0.2, 0.25) is 6.79 Å². The molecule has 1 aromatic rings.